The van der Waals surface area contributed by atoms with Crippen LogP contribution >= 0.6 is 0 Å². The van der Waals surface area contributed by atoms with Crippen molar-refractivity contribution in [2.45, 2.75) is 26.3 Å². The molecule has 3 heteroatoms. The molecule has 2 N–H and O–H groups in total. The molecule has 1 saturated heterocycles. The highest BCUT2D eigenvalue weighted by Gasteiger charge is 2.18. The Morgan fingerprint density at radius 2 is 2.47 bits per heavy atom. The maximum atomic E-state index is 5.73. The Bertz CT molecular complexity index is 324. The first-order valence-electron chi connectivity index (χ1n) is 5.70. The zero-order valence-electron chi connectivity index (χ0n) is 9.32. The summed E-state index contributed by atoms with van der Waals surface area (Å²) in [6.45, 7) is 5.11. The molecule has 15 heavy (non-hydrogen) atoms. The molecular formula is C12H19N3. The van der Waals surface area contributed by atoms with Crippen molar-refractivity contribution in [2.75, 3.05) is 18.0 Å². The van der Waals surface area contributed by atoms with Crippen LogP contribution < -0.4 is 10.6 Å². The number of piperidine rings is 1. The number of aromatic nitrogens is 1. The van der Waals surface area contributed by atoms with Crippen LogP contribution in [0, 0.1) is 5.92 Å². The van der Waals surface area contributed by atoms with Gasteiger partial charge in [0.2, 0.25) is 0 Å². The second kappa shape index (κ2) is 4.62. The molecule has 2 heterocycles. The molecule has 0 amide bonds. The van der Waals surface area contributed by atoms with Gasteiger partial charge in [-0.05, 0) is 24.8 Å². The smallest absolute Gasteiger partial charge is 0.133 e. The van der Waals surface area contributed by atoms with Crippen LogP contribution in [-0.2, 0) is 6.54 Å². The van der Waals surface area contributed by atoms with Gasteiger partial charge in [-0.2, -0.15) is 0 Å². The molecule has 0 bridgehead atoms. The van der Waals surface area contributed by atoms with Gasteiger partial charge in [0.1, 0.15) is 5.82 Å². The van der Waals surface area contributed by atoms with E-state index in [1.165, 1.54) is 12.8 Å². The average Bonchev–Trinajstić information content (AvgIpc) is 2.29. The van der Waals surface area contributed by atoms with Gasteiger partial charge in [0.05, 0.1) is 0 Å². The van der Waals surface area contributed by atoms with Crippen molar-refractivity contribution >= 4 is 5.82 Å². The molecule has 0 radical (unpaired) electrons. The largest absolute Gasteiger partial charge is 0.356 e. The normalized spacial score (nSPS) is 21.7. The molecule has 1 atom stereocenters. The topological polar surface area (TPSA) is 42.2 Å². The second-order valence-electron chi connectivity index (χ2n) is 4.38. The zero-order valence-corrected chi connectivity index (χ0v) is 9.32. The maximum absolute atomic E-state index is 5.73. The van der Waals surface area contributed by atoms with E-state index in [0.29, 0.717) is 6.54 Å². The monoisotopic (exact) mass is 205 g/mol. The predicted molar refractivity (Wildman–Crippen MR) is 62.7 cm³/mol. The van der Waals surface area contributed by atoms with Crippen LogP contribution in [0.4, 0.5) is 5.82 Å². The number of nitrogens with zero attached hydrogens (tertiary/aromatic N) is 2. The van der Waals surface area contributed by atoms with Gasteiger partial charge in [-0.15, -0.1) is 0 Å². The minimum atomic E-state index is 0.577. The fraction of sp³-hybridized carbons (Fsp3) is 0.583. The van der Waals surface area contributed by atoms with Crippen molar-refractivity contribution in [3.05, 3.63) is 23.9 Å². The van der Waals surface area contributed by atoms with Crippen LogP contribution in [-0.4, -0.2) is 18.1 Å². The Morgan fingerprint density at radius 1 is 1.60 bits per heavy atom. The van der Waals surface area contributed by atoms with E-state index in [-0.39, 0.29) is 0 Å². The van der Waals surface area contributed by atoms with Gasteiger partial charge in [0.15, 0.2) is 0 Å². The van der Waals surface area contributed by atoms with Gasteiger partial charge in [-0.25, -0.2) is 4.98 Å². The molecule has 3 nitrogen and oxygen atoms in total. The van der Waals surface area contributed by atoms with Gasteiger partial charge in [-0.3, -0.25) is 0 Å². The number of anilines is 1. The second-order valence-corrected chi connectivity index (χ2v) is 4.38. The minimum Gasteiger partial charge on any atom is -0.356 e. The van der Waals surface area contributed by atoms with Crippen LogP contribution in [0.2, 0.25) is 0 Å². The van der Waals surface area contributed by atoms with Gasteiger partial charge < -0.3 is 10.6 Å². The summed E-state index contributed by atoms with van der Waals surface area (Å²) in [5.41, 5.74) is 6.88. The highest BCUT2D eigenvalue weighted by molar-refractivity contribution is 5.46. The van der Waals surface area contributed by atoms with Gasteiger partial charge >= 0.3 is 0 Å². The van der Waals surface area contributed by atoms with Crippen LogP contribution in [0.5, 0.6) is 0 Å². The lowest BCUT2D eigenvalue weighted by Gasteiger charge is -2.32. The van der Waals surface area contributed by atoms with Crippen molar-refractivity contribution in [3.8, 4) is 0 Å². The van der Waals surface area contributed by atoms with E-state index in [1.807, 2.05) is 12.3 Å². The predicted octanol–water partition coefficient (Wildman–Crippen LogP) is 1.78. The summed E-state index contributed by atoms with van der Waals surface area (Å²) < 4.78 is 0. The zero-order chi connectivity index (χ0) is 10.7. The van der Waals surface area contributed by atoms with Crippen LogP contribution in [0.25, 0.3) is 0 Å². The average molecular weight is 205 g/mol. The fourth-order valence-electron chi connectivity index (χ4n) is 2.26. The molecule has 1 aliphatic rings. The third-order valence-electron chi connectivity index (χ3n) is 3.04. The highest BCUT2D eigenvalue weighted by atomic mass is 15.2. The summed E-state index contributed by atoms with van der Waals surface area (Å²) in [7, 11) is 0. The summed E-state index contributed by atoms with van der Waals surface area (Å²) in [5.74, 6) is 1.86. The molecule has 0 unspecified atom stereocenters. The summed E-state index contributed by atoms with van der Waals surface area (Å²) in [4.78, 5) is 6.82. The van der Waals surface area contributed by atoms with Crippen LogP contribution in [0.15, 0.2) is 18.3 Å². The number of hydrogen-bond donors (Lipinski definition) is 1. The Labute approximate surface area is 91.3 Å². The number of hydrogen-bond acceptors (Lipinski definition) is 3. The molecule has 1 fully saturated rings. The van der Waals surface area contributed by atoms with Gasteiger partial charge in [0, 0.05) is 31.4 Å². The Balaban J connectivity index is 2.20. The van der Waals surface area contributed by atoms with Crippen molar-refractivity contribution in [2.24, 2.45) is 11.7 Å². The Hall–Kier alpha value is -1.09. The maximum Gasteiger partial charge on any atom is 0.133 e. The van der Waals surface area contributed by atoms with Crippen molar-refractivity contribution in [1.82, 2.24) is 4.98 Å². The molecule has 1 aliphatic heterocycles. The Morgan fingerprint density at radius 3 is 3.20 bits per heavy atom. The SMILES string of the molecule is C[C@@H]1CCCN(c2ncccc2CN)C1. The summed E-state index contributed by atoms with van der Waals surface area (Å²) in [6.07, 6.45) is 4.46. The third-order valence-corrected chi connectivity index (χ3v) is 3.04. The summed E-state index contributed by atoms with van der Waals surface area (Å²) in [5, 5.41) is 0. The first-order chi connectivity index (χ1) is 7.31. The number of rotatable bonds is 2. The summed E-state index contributed by atoms with van der Waals surface area (Å²) >= 11 is 0. The van der Waals surface area contributed by atoms with Gasteiger partial charge in [0.25, 0.3) is 0 Å². The molecule has 0 aromatic carbocycles. The highest BCUT2D eigenvalue weighted by Crippen LogP contribution is 2.23. The van der Waals surface area contributed by atoms with Crippen molar-refractivity contribution < 1.29 is 0 Å². The van der Waals surface area contributed by atoms with Crippen LogP contribution in [0.1, 0.15) is 25.3 Å². The number of nitrogens with two attached hydrogens (primary N) is 1. The van der Waals surface area contributed by atoms with Crippen molar-refractivity contribution in [3.63, 3.8) is 0 Å². The minimum absolute atomic E-state index is 0.577. The van der Waals surface area contributed by atoms with E-state index in [1.54, 1.807) is 0 Å². The summed E-state index contributed by atoms with van der Waals surface area (Å²) in [6, 6.07) is 4.03. The van der Waals surface area contributed by atoms with Crippen LogP contribution in [0.3, 0.4) is 0 Å². The van der Waals surface area contributed by atoms with E-state index in [2.05, 4.69) is 22.9 Å². The molecule has 2 rings (SSSR count). The first-order valence-corrected chi connectivity index (χ1v) is 5.70. The molecule has 1 aromatic heterocycles. The van der Waals surface area contributed by atoms with E-state index in [9.17, 15) is 0 Å². The standard InChI is InChI=1S/C12H19N3/c1-10-4-3-7-15(9-10)12-11(8-13)5-2-6-14-12/h2,5-6,10H,3-4,7-9,13H2,1H3/t10-/m1/s1. The fourth-order valence-corrected chi connectivity index (χ4v) is 2.26. The molecular weight excluding hydrogens is 186 g/mol. The van der Waals surface area contributed by atoms with Gasteiger partial charge in [-0.1, -0.05) is 13.0 Å². The van der Waals surface area contributed by atoms with E-state index in [0.717, 1.165) is 30.4 Å². The molecule has 0 aliphatic carbocycles. The van der Waals surface area contributed by atoms with E-state index in [4.69, 9.17) is 5.73 Å². The molecule has 0 spiro atoms. The lowest BCUT2D eigenvalue weighted by atomic mass is 10.00. The lowest BCUT2D eigenvalue weighted by molar-refractivity contribution is 0.444. The van der Waals surface area contributed by atoms with Crippen molar-refractivity contribution in [1.29, 1.82) is 0 Å². The molecule has 82 valence electrons. The van der Waals surface area contributed by atoms with E-state index < -0.39 is 0 Å². The first kappa shape index (κ1) is 10.4. The third kappa shape index (κ3) is 2.29. The van der Waals surface area contributed by atoms with E-state index >= 15 is 0 Å². The lowest BCUT2D eigenvalue weighted by Crippen LogP contribution is -2.35. The molecule has 1 aromatic rings. The number of pyridine rings is 1. The quantitative estimate of drug-likeness (QED) is 0.800. The Kier molecular flexibility index (Phi) is 3.21. The molecule has 0 saturated carbocycles.